The first kappa shape index (κ1) is 36.8. The molecule has 0 saturated carbocycles. The Balaban J connectivity index is 1.02. The van der Waals surface area contributed by atoms with Crippen LogP contribution >= 0.6 is 11.3 Å². The molecule has 4 heteroatoms. The summed E-state index contributed by atoms with van der Waals surface area (Å²) in [7, 11) is 0. The summed E-state index contributed by atoms with van der Waals surface area (Å²) in [6, 6.07) is 79.9. The molecule has 12 aromatic rings. The van der Waals surface area contributed by atoms with Crippen LogP contribution in [0.25, 0.3) is 120 Å². The highest BCUT2D eigenvalue weighted by Crippen LogP contribution is 2.45. The van der Waals surface area contributed by atoms with Crippen molar-refractivity contribution in [2.75, 3.05) is 0 Å². The Morgan fingerprint density at radius 3 is 1.33 bits per heavy atom. The van der Waals surface area contributed by atoms with Gasteiger partial charge in [-0.3, -0.25) is 0 Å². The topological polar surface area (TPSA) is 38.7 Å². The molecule has 10 aromatic carbocycles. The van der Waals surface area contributed by atoms with E-state index in [1.807, 2.05) is 6.07 Å². The van der Waals surface area contributed by atoms with Crippen molar-refractivity contribution in [2.24, 2.45) is 0 Å². The highest BCUT2D eigenvalue weighted by atomic mass is 32.1. The number of aromatic nitrogens is 3. The van der Waals surface area contributed by atoms with E-state index in [9.17, 15) is 0 Å². The van der Waals surface area contributed by atoms with Crippen LogP contribution in [-0.4, -0.2) is 15.0 Å². The predicted octanol–water partition coefficient (Wildman–Crippen LogP) is 16.2. The molecule has 0 saturated heterocycles. The van der Waals surface area contributed by atoms with Crippen molar-refractivity contribution in [1.82, 2.24) is 15.0 Å². The van der Waals surface area contributed by atoms with Crippen LogP contribution in [0, 0.1) is 0 Å². The third-order valence-corrected chi connectivity index (χ3v) is 13.4. The number of nitrogens with zero attached hydrogens (tertiary/aromatic N) is 3. The quantitative estimate of drug-likeness (QED) is 0.150. The Labute approximate surface area is 369 Å². The number of thiophene rings is 1. The normalized spacial score (nSPS) is 11.5. The summed E-state index contributed by atoms with van der Waals surface area (Å²) in [5.74, 6) is 1.92. The van der Waals surface area contributed by atoms with Gasteiger partial charge in [0.1, 0.15) is 0 Å². The summed E-state index contributed by atoms with van der Waals surface area (Å²) in [4.78, 5) is 15.9. The van der Waals surface area contributed by atoms with Crippen molar-refractivity contribution in [1.29, 1.82) is 0 Å². The Kier molecular flexibility index (Phi) is 9.02. The smallest absolute Gasteiger partial charge is 0.165 e. The van der Waals surface area contributed by atoms with E-state index < -0.39 is 0 Å². The molecule has 0 aliphatic heterocycles. The van der Waals surface area contributed by atoms with Crippen molar-refractivity contribution in [3.63, 3.8) is 0 Å². The van der Waals surface area contributed by atoms with Gasteiger partial charge in [-0.2, -0.15) is 0 Å². The van der Waals surface area contributed by atoms with Crippen molar-refractivity contribution in [3.05, 3.63) is 224 Å². The lowest BCUT2D eigenvalue weighted by molar-refractivity contribution is 1.08. The Hall–Kier alpha value is -8.05. The molecule has 63 heavy (non-hydrogen) atoms. The van der Waals surface area contributed by atoms with Crippen LogP contribution in [0.15, 0.2) is 224 Å². The fraction of sp³-hybridized carbons (Fsp3) is 0. The summed E-state index contributed by atoms with van der Waals surface area (Å²) in [6.07, 6.45) is 0. The van der Waals surface area contributed by atoms with Crippen LogP contribution in [0.2, 0.25) is 0 Å². The van der Waals surface area contributed by atoms with Gasteiger partial charge in [0.2, 0.25) is 0 Å². The Bertz CT molecular complexity index is 3630. The number of hydrogen-bond donors (Lipinski definition) is 0. The summed E-state index contributed by atoms with van der Waals surface area (Å²) in [5, 5.41) is 7.40. The van der Waals surface area contributed by atoms with Gasteiger partial charge in [-0.05, 0) is 90.3 Å². The van der Waals surface area contributed by atoms with Crippen LogP contribution in [0.1, 0.15) is 0 Å². The first-order valence-electron chi connectivity index (χ1n) is 21.3. The molecule has 0 radical (unpaired) electrons. The van der Waals surface area contributed by atoms with Crippen LogP contribution in [0.5, 0.6) is 0 Å². The maximum Gasteiger partial charge on any atom is 0.165 e. The van der Waals surface area contributed by atoms with Gasteiger partial charge in [-0.1, -0.05) is 200 Å². The van der Waals surface area contributed by atoms with E-state index in [2.05, 4.69) is 218 Å². The van der Waals surface area contributed by atoms with Crippen molar-refractivity contribution in [3.8, 4) is 78.7 Å². The molecular formula is C59H37N3S. The first-order chi connectivity index (χ1) is 31.2. The first-order valence-corrected chi connectivity index (χ1v) is 22.1. The molecule has 0 spiro atoms. The van der Waals surface area contributed by atoms with E-state index in [0.29, 0.717) is 17.5 Å². The second kappa shape index (κ2) is 15.4. The molecule has 0 bridgehead atoms. The molecular weight excluding hydrogens is 783 g/mol. The number of rotatable bonds is 7. The van der Waals surface area contributed by atoms with Crippen molar-refractivity contribution in [2.45, 2.75) is 0 Å². The van der Waals surface area contributed by atoms with Crippen LogP contribution in [-0.2, 0) is 0 Å². The van der Waals surface area contributed by atoms with Gasteiger partial charge >= 0.3 is 0 Å². The fourth-order valence-electron chi connectivity index (χ4n) is 9.26. The number of fused-ring (bicyclic) bond motifs is 5. The van der Waals surface area contributed by atoms with Crippen LogP contribution in [0.3, 0.4) is 0 Å². The van der Waals surface area contributed by atoms with Crippen LogP contribution in [0.4, 0.5) is 0 Å². The monoisotopic (exact) mass is 819 g/mol. The van der Waals surface area contributed by atoms with Gasteiger partial charge in [0.05, 0.1) is 0 Å². The standard InChI is InChI=1S/C59H37N3S/c1-3-18-38(19-4-1)44-26-7-12-32-51(44)58-60-57(61-59(62-58)52-34-17-33-50-45-27-13-14-35-53(45)63-56(50)52)43-25-16-23-41(37-43)40-22-15-24-42(36-40)55-48-30-10-8-28-46(48)54(39-20-5-2-6-21-39)47-29-9-11-31-49(47)55/h1-37H. The summed E-state index contributed by atoms with van der Waals surface area (Å²) >= 11 is 1.79. The molecule has 12 rings (SSSR count). The largest absolute Gasteiger partial charge is 0.208 e. The SMILES string of the molecule is c1ccc(-c2ccccc2-c2nc(-c3cccc(-c4cccc(-c5c6ccccc6c(-c6ccccc6)c6ccccc56)c4)c3)nc(-c3cccc4c3sc3ccccc34)n2)cc1. The third kappa shape index (κ3) is 6.48. The van der Waals surface area contributed by atoms with E-state index >= 15 is 0 Å². The molecule has 2 aromatic heterocycles. The van der Waals surface area contributed by atoms with E-state index in [4.69, 9.17) is 15.0 Å². The molecule has 0 N–H and O–H groups in total. The van der Waals surface area contributed by atoms with E-state index in [1.165, 1.54) is 64.0 Å². The molecule has 0 aliphatic carbocycles. The lowest BCUT2D eigenvalue weighted by Gasteiger charge is -2.18. The van der Waals surface area contributed by atoms with Crippen molar-refractivity contribution < 1.29 is 0 Å². The lowest BCUT2D eigenvalue weighted by Crippen LogP contribution is -2.01. The molecule has 0 aliphatic rings. The van der Waals surface area contributed by atoms with Gasteiger partial charge < -0.3 is 0 Å². The van der Waals surface area contributed by atoms with E-state index in [1.54, 1.807) is 11.3 Å². The number of benzene rings is 10. The second-order valence-corrected chi connectivity index (χ2v) is 16.9. The average molecular weight is 820 g/mol. The van der Waals surface area contributed by atoms with Crippen molar-refractivity contribution >= 4 is 53.1 Å². The summed E-state index contributed by atoms with van der Waals surface area (Å²) < 4.78 is 2.41. The zero-order valence-electron chi connectivity index (χ0n) is 34.1. The second-order valence-electron chi connectivity index (χ2n) is 15.9. The predicted molar refractivity (Wildman–Crippen MR) is 266 cm³/mol. The lowest BCUT2D eigenvalue weighted by atomic mass is 9.85. The Morgan fingerprint density at radius 1 is 0.254 bits per heavy atom. The molecule has 0 amide bonds. The fourth-order valence-corrected chi connectivity index (χ4v) is 10.5. The average Bonchev–Trinajstić information content (AvgIpc) is 3.75. The molecule has 294 valence electrons. The minimum Gasteiger partial charge on any atom is -0.208 e. The maximum atomic E-state index is 5.31. The van der Waals surface area contributed by atoms with E-state index in [-0.39, 0.29) is 0 Å². The zero-order valence-corrected chi connectivity index (χ0v) is 34.9. The number of hydrogen-bond acceptors (Lipinski definition) is 4. The van der Waals surface area contributed by atoms with Gasteiger partial charge in [0.15, 0.2) is 17.5 Å². The van der Waals surface area contributed by atoms with Gasteiger partial charge in [-0.25, -0.2) is 15.0 Å². The maximum absolute atomic E-state index is 5.31. The zero-order chi connectivity index (χ0) is 41.7. The highest BCUT2D eigenvalue weighted by molar-refractivity contribution is 7.26. The molecule has 2 heterocycles. The van der Waals surface area contributed by atoms with Gasteiger partial charge in [-0.15, -0.1) is 11.3 Å². The molecule has 0 fully saturated rings. The minimum atomic E-state index is 0.627. The Morgan fingerprint density at radius 2 is 0.667 bits per heavy atom. The van der Waals surface area contributed by atoms with E-state index in [0.717, 1.165) is 38.9 Å². The third-order valence-electron chi connectivity index (χ3n) is 12.1. The summed E-state index contributed by atoms with van der Waals surface area (Å²) in [6.45, 7) is 0. The minimum absolute atomic E-state index is 0.627. The molecule has 0 unspecified atom stereocenters. The summed E-state index contributed by atoms with van der Waals surface area (Å²) in [5.41, 5.74) is 12.2. The highest BCUT2D eigenvalue weighted by Gasteiger charge is 2.20. The molecule has 3 nitrogen and oxygen atoms in total. The molecule has 0 atom stereocenters. The van der Waals surface area contributed by atoms with Gasteiger partial charge in [0.25, 0.3) is 0 Å². The van der Waals surface area contributed by atoms with Crippen LogP contribution < -0.4 is 0 Å². The van der Waals surface area contributed by atoms with Gasteiger partial charge in [0, 0.05) is 36.9 Å².